The molecule has 31 heavy (non-hydrogen) atoms. The van der Waals surface area contributed by atoms with E-state index in [1.54, 1.807) is 26.0 Å². The third-order valence-corrected chi connectivity index (χ3v) is 4.90. The molecule has 0 aliphatic carbocycles. The molecule has 0 aliphatic heterocycles. The Hall–Kier alpha value is -2.00. The van der Waals surface area contributed by atoms with Gasteiger partial charge in [0.15, 0.2) is 5.96 Å². The van der Waals surface area contributed by atoms with Crippen LogP contribution in [0.15, 0.2) is 53.5 Å². The van der Waals surface area contributed by atoms with Gasteiger partial charge in [-0.1, -0.05) is 42.8 Å². The minimum absolute atomic E-state index is 0. The average molecular weight is 559 g/mol. The van der Waals surface area contributed by atoms with Crippen molar-refractivity contribution in [3.05, 3.63) is 64.7 Å². The summed E-state index contributed by atoms with van der Waals surface area (Å²) in [7, 11) is 5.25. The molecular weight excluding hydrogens is 527 g/mol. The summed E-state index contributed by atoms with van der Waals surface area (Å²) in [5, 5.41) is 7.21. The predicted molar refractivity (Wildman–Crippen MR) is 139 cm³/mol. The Labute approximate surface area is 207 Å². The molecule has 0 bridgehead atoms. The van der Waals surface area contributed by atoms with E-state index in [1.807, 2.05) is 48.5 Å². The Balaban J connectivity index is 0.00000480. The molecule has 1 unspecified atom stereocenters. The highest BCUT2D eigenvalue weighted by Gasteiger charge is 2.12. The first-order valence-electron chi connectivity index (χ1n) is 10.1. The highest BCUT2D eigenvalue weighted by molar-refractivity contribution is 14.0. The number of nitrogens with one attached hydrogen (secondary N) is 2. The number of ether oxygens (including phenoxy) is 1. The second-order valence-corrected chi connectivity index (χ2v) is 7.52. The number of benzene rings is 2. The van der Waals surface area contributed by atoms with Gasteiger partial charge in [0.05, 0.1) is 11.6 Å². The zero-order valence-corrected chi connectivity index (χ0v) is 21.6. The number of carbonyl (C=O) groups excluding carboxylic acids is 1. The van der Waals surface area contributed by atoms with Crippen molar-refractivity contribution < 1.29 is 9.53 Å². The van der Waals surface area contributed by atoms with E-state index in [0.717, 1.165) is 18.4 Å². The van der Waals surface area contributed by atoms with Crippen molar-refractivity contribution in [2.24, 2.45) is 4.99 Å². The summed E-state index contributed by atoms with van der Waals surface area (Å²) in [6.07, 6.45) is 1.59. The van der Waals surface area contributed by atoms with Gasteiger partial charge in [0.2, 0.25) is 0 Å². The maximum absolute atomic E-state index is 12.1. The second kappa shape index (κ2) is 14.1. The van der Waals surface area contributed by atoms with Gasteiger partial charge < -0.3 is 20.3 Å². The fourth-order valence-corrected chi connectivity index (χ4v) is 3.04. The van der Waals surface area contributed by atoms with E-state index in [0.29, 0.717) is 35.4 Å². The molecule has 0 fully saturated rings. The van der Waals surface area contributed by atoms with Crippen molar-refractivity contribution in [2.45, 2.75) is 25.9 Å². The van der Waals surface area contributed by atoms with E-state index in [9.17, 15) is 4.79 Å². The fourth-order valence-electron chi connectivity index (χ4n) is 2.86. The lowest BCUT2D eigenvalue weighted by Gasteiger charge is -2.20. The van der Waals surface area contributed by atoms with Crippen LogP contribution in [0.1, 0.15) is 29.3 Å². The zero-order valence-electron chi connectivity index (χ0n) is 18.5. The zero-order chi connectivity index (χ0) is 21.9. The Morgan fingerprint density at radius 1 is 1.16 bits per heavy atom. The van der Waals surface area contributed by atoms with E-state index in [1.165, 1.54) is 0 Å². The minimum atomic E-state index is -0.0304. The summed E-state index contributed by atoms with van der Waals surface area (Å²) in [6.45, 7) is 3.37. The number of para-hydroxylation sites is 1. The van der Waals surface area contributed by atoms with Crippen molar-refractivity contribution in [1.82, 2.24) is 15.5 Å². The quantitative estimate of drug-likeness (QED) is 0.275. The maximum Gasteiger partial charge on any atom is 0.253 e. The molecular formula is C23H32ClIN4O2. The Morgan fingerprint density at radius 3 is 2.55 bits per heavy atom. The standard InChI is InChI=1S/C23H31ClN4O2.HI/c1-5-19(30-21-12-7-6-11-20(21)24)16-27-23(25-2)26-14-13-17-9-8-10-18(15-17)22(29)28(3)4;/h6-12,15,19H,5,13-14,16H2,1-4H3,(H2,25,26,27);1H. The SMILES string of the molecule is CCC(CNC(=NC)NCCc1cccc(C(=O)N(C)C)c1)Oc1ccccc1Cl.I. The molecule has 0 heterocycles. The van der Waals surface area contributed by atoms with Gasteiger partial charge in [-0.2, -0.15) is 0 Å². The molecule has 2 aromatic carbocycles. The predicted octanol–water partition coefficient (Wildman–Crippen LogP) is 4.22. The Bertz CT molecular complexity index is 861. The molecule has 170 valence electrons. The average Bonchev–Trinajstić information content (AvgIpc) is 2.75. The van der Waals surface area contributed by atoms with Gasteiger partial charge in [-0.15, -0.1) is 24.0 Å². The molecule has 8 heteroatoms. The van der Waals surface area contributed by atoms with E-state index < -0.39 is 0 Å². The minimum Gasteiger partial charge on any atom is -0.487 e. The summed E-state index contributed by atoms with van der Waals surface area (Å²) in [5.41, 5.74) is 1.79. The van der Waals surface area contributed by atoms with Crippen LogP contribution in [0.4, 0.5) is 0 Å². The van der Waals surface area contributed by atoms with Gasteiger partial charge in [-0.25, -0.2) is 0 Å². The second-order valence-electron chi connectivity index (χ2n) is 7.11. The topological polar surface area (TPSA) is 66.0 Å². The van der Waals surface area contributed by atoms with Crippen LogP contribution >= 0.6 is 35.6 Å². The van der Waals surface area contributed by atoms with Crippen LogP contribution in [-0.4, -0.2) is 57.1 Å². The van der Waals surface area contributed by atoms with E-state index >= 15 is 0 Å². The van der Waals surface area contributed by atoms with Crippen molar-refractivity contribution in [2.75, 3.05) is 34.2 Å². The van der Waals surface area contributed by atoms with Gasteiger partial charge in [0, 0.05) is 33.3 Å². The monoisotopic (exact) mass is 558 g/mol. The molecule has 2 aromatic rings. The number of amides is 1. The number of guanidine groups is 1. The normalized spacial score (nSPS) is 11.8. The van der Waals surface area contributed by atoms with Gasteiger partial charge in [-0.05, 0) is 42.7 Å². The summed E-state index contributed by atoms with van der Waals surface area (Å²) in [6, 6.07) is 15.2. The lowest BCUT2D eigenvalue weighted by Crippen LogP contribution is -2.43. The molecule has 0 aliphatic rings. The highest BCUT2D eigenvalue weighted by Crippen LogP contribution is 2.24. The first-order chi connectivity index (χ1) is 14.4. The van der Waals surface area contributed by atoms with E-state index in [-0.39, 0.29) is 36.0 Å². The van der Waals surface area contributed by atoms with Crippen LogP contribution in [0.25, 0.3) is 0 Å². The molecule has 6 nitrogen and oxygen atoms in total. The number of carbonyl (C=O) groups is 1. The first-order valence-corrected chi connectivity index (χ1v) is 10.5. The van der Waals surface area contributed by atoms with Gasteiger partial charge in [0.1, 0.15) is 11.9 Å². The summed E-state index contributed by atoms with van der Waals surface area (Å²) in [5.74, 6) is 1.39. The number of halogens is 2. The van der Waals surface area contributed by atoms with Crippen LogP contribution in [0.5, 0.6) is 5.75 Å². The largest absolute Gasteiger partial charge is 0.487 e. The molecule has 0 saturated carbocycles. The lowest BCUT2D eigenvalue weighted by molar-refractivity contribution is 0.0827. The van der Waals surface area contributed by atoms with Crippen LogP contribution in [0, 0.1) is 0 Å². The van der Waals surface area contributed by atoms with Crippen LogP contribution in [0.2, 0.25) is 5.02 Å². The van der Waals surface area contributed by atoms with Crippen molar-refractivity contribution in [3.63, 3.8) is 0 Å². The highest BCUT2D eigenvalue weighted by atomic mass is 127. The Morgan fingerprint density at radius 2 is 1.90 bits per heavy atom. The summed E-state index contributed by atoms with van der Waals surface area (Å²) in [4.78, 5) is 18.0. The molecule has 1 atom stereocenters. The fraction of sp³-hybridized carbons (Fsp3) is 0.391. The Kier molecular flexibility index (Phi) is 12.3. The smallest absolute Gasteiger partial charge is 0.253 e. The number of hydrogen-bond donors (Lipinski definition) is 2. The third kappa shape index (κ3) is 8.95. The van der Waals surface area contributed by atoms with Gasteiger partial charge in [0.25, 0.3) is 5.91 Å². The summed E-state index contributed by atoms with van der Waals surface area (Å²) >= 11 is 6.18. The molecule has 0 saturated heterocycles. The first kappa shape index (κ1) is 27.0. The third-order valence-electron chi connectivity index (χ3n) is 4.59. The van der Waals surface area contributed by atoms with Crippen LogP contribution in [-0.2, 0) is 6.42 Å². The van der Waals surface area contributed by atoms with Crippen LogP contribution < -0.4 is 15.4 Å². The summed E-state index contributed by atoms with van der Waals surface area (Å²) < 4.78 is 6.00. The molecule has 0 aromatic heterocycles. The lowest BCUT2D eigenvalue weighted by atomic mass is 10.1. The molecule has 2 rings (SSSR count). The van der Waals surface area contributed by atoms with Crippen molar-refractivity contribution in [1.29, 1.82) is 0 Å². The van der Waals surface area contributed by atoms with Crippen molar-refractivity contribution in [3.8, 4) is 5.75 Å². The molecule has 1 amide bonds. The molecule has 2 N–H and O–H groups in total. The van der Waals surface area contributed by atoms with Gasteiger partial charge in [-0.3, -0.25) is 9.79 Å². The number of nitrogens with zero attached hydrogens (tertiary/aromatic N) is 2. The van der Waals surface area contributed by atoms with E-state index in [2.05, 4.69) is 22.5 Å². The van der Waals surface area contributed by atoms with Crippen molar-refractivity contribution >= 4 is 47.4 Å². The number of aliphatic imine (C=N–C) groups is 1. The molecule has 0 spiro atoms. The van der Waals surface area contributed by atoms with Crippen LogP contribution in [0.3, 0.4) is 0 Å². The number of rotatable bonds is 9. The maximum atomic E-state index is 12.1. The van der Waals surface area contributed by atoms with Gasteiger partial charge >= 0.3 is 0 Å². The van der Waals surface area contributed by atoms with E-state index in [4.69, 9.17) is 16.3 Å². The number of hydrogen-bond acceptors (Lipinski definition) is 3. The molecule has 0 radical (unpaired) electrons.